The highest BCUT2D eigenvalue weighted by molar-refractivity contribution is 6.31. The van der Waals surface area contributed by atoms with E-state index in [0.29, 0.717) is 28.4 Å². The number of Topliss-reactive ketones (excluding diaryl/α,β-unsaturated/α-hetero) is 1. The maximum absolute atomic E-state index is 12.7. The van der Waals surface area contributed by atoms with Crippen molar-refractivity contribution in [2.24, 2.45) is 0 Å². The predicted octanol–water partition coefficient (Wildman–Crippen LogP) is 3.35. The number of carbonyl (C=O) groups excluding carboxylic acids is 2. The largest absolute Gasteiger partial charge is 0.465 e. The van der Waals surface area contributed by atoms with E-state index in [4.69, 9.17) is 16.3 Å². The minimum absolute atomic E-state index is 0.0828. The van der Waals surface area contributed by atoms with E-state index >= 15 is 0 Å². The number of nitrogens with zero attached hydrogens (tertiary/aromatic N) is 2. The summed E-state index contributed by atoms with van der Waals surface area (Å²) in [5.74, 6) is 0.141. The lowest BCUT2D eigenvalue weighted by Gasteiger charge is -2.33. The Morgan fingerprint density at radius 3 is 2.92 bits per heavy atom. The van der Waals surface area contributed by atoms with Gasteiger partial charge in [0.05, 0.1) is 13.3 Å². The molecule has 0 radical (unpaired) electrons. The Kier molecular flexibility index (Phi) is 3.84. The minimum Gasteiger partial charge on any atom is -0.465 e. The van der Waals surface area contributed by atoms with Crippen molar-refractivity contribution in [2.45, 2.75) is 25.3 Å². The maximum Gasteiger partial charge on any atom is 0.343 e. The SMILES string of the molecule is COC(=O)c1cnn2c1NC1=C(C(=O)CCC1)[C@H]2c1ccccc1Cl. The molecule has 7 heteroatoms. The first-order valence-corrected chi connectivity index (χ1v) is 8.43. The Balaban J connectivity index is 1.95. The molecule has 1 aliphatic heterocycles. The molecule has 0 saturated carbocycles. The van der Waals surface area contributed by atoms with Gasteiger partial charge in [0, 0.05) is 22.7 Å². The molecule has 0 bridgehead atoms. The van der Waals surface area contributed by atoms with Crippen molar-refractivity contribution < 1.29 is 14.3 Å². The second kappa shape index (κ2) is 6.04. The summed E-state index contributed by atoms with van der Waals surface area (Å²) in [7, 11) is 1.33. The van der Waals surface area contributed by atoms with Crippen molar-refractivity contribution in [3.05, 3.63) is 57.9 Å². The summed E-state index contributed by atoms with van der Waals surface area (Å²) in [5.41, 5.74) is 2.63. The first kappa shape index (κ1) is 15.9. The fourth-order valence-corrected chi connectivity index (χ4v) is 3.74. The molecule has 128 valence electrons. The third-order valence-electron chi connectivity index (χ3n) is 4.64. The molecule has 0 unspecified atom stereocenters. The van der Waals surface area contributed by atoms with Crippen LogP contribution in [0.5, 0.6) is 0 Å². The van der Waals surface area contributed by atoms with Crippen LogP contribution in [-0.4, -0.2) is 28.6 Å². The third kappa shape index (κ3) is 2.44. The molecule has 2 aromatic rings. The number of aromatic nitrogens is 2. The molecule has 6 nitrogen and oxygen atoms in total. The first-order chi connectivity index (χ1) is 12.1. The van der Waals surface area contributed by atoms with Crippen LogP contribution in [0.1, 0.15) is 41.2 Å². The van der Waals surface area contributed by atoms with Crippen LogP contribution >= 0.6 is 11.6 Å². The Morgan fingerprint density at radius 1 is 1.36 bits per heavy atom. The zero-order chi connectivity index (χ0) is 17.6. The smallest absolute Gasteiger partial charge is 0.343 e. The molecule has 1 N–H and O–H groups in total. The van der Waals surface area contributed by atoms with Gasteiger partial charge >= 0.3 is 5.97 Å². The molecule has 1 aliphatic carbocycles. The molecule has 2 heterocycles. The van der Waals surface area contributed by atoms with Gasteiger partial charge in [0.15, 0.2) is 5.78 Å². The van der Waals surface area contributed by atoms with Crippen molar-refractivity contribution >= 4 is 29.2 Å². The third-order valence-corrected chi connectivity index (χ3v) is 4.99. The van der Waals surface area contributed by atoms with Crippen molar-refractivity contribution in [1.29, 1.82) is 0 Å². The van der Waals surface area contributed by atoms with Gasteiger partial charge in [0.1, 0.15) is 17.4 Å². The van der Waals surface area contributed by atoms with Crippen molar-refractivity contribution in [1.82, 2.24) is 9.78 Å². The molecule has 4 rings (SSSR count). The number of halogens is 1. The van der Waals surface area contributed by atoms with Crippen LogP contribution in [0.3, 0.4) is 0 Å². The van der Waals surface area contributed by atoms with Crippen LogP contribution < -0.4 is 5.32 Å². The number of fused-ring (bicyclic) bond motifs is 1. The number of nitrogens with one attached hydrogen (secondary N) is 1. The minimum atomic E-state index is -0.474. The predicted molar refractivity (Wildman–Crippen MR) is 92.7 cm³/mol. The van der Waals surface area contributed by atoms with Gasteiger partial charge in [-0.25, -0.2) is 9.48 Å². The molecule has 0 saturated heterocycles. The number of anilines is 1. The van der Waals surface area contributed by atoms with Crippen LogP contribution in [0.15, 0.2) is 41.7 Å². The Morgan fingerprint density at radius 2 is 2.16 bits per heavy atom. The molecule has 0 fully saturated rings. The molecule has 2 aliphatic rings. The zero-order valence-corrected chi connectivity index (χ0v) is 14.3. The Hall–Kier alpha value is -2.60. The van der Waals surface area contributed by atoms with Crippen LogP contribution in [0.25, 0.3) is 0 Å². The fourth-order valence-electron chi connectivity index (χ4n) is 3.50. The lowest BCUT2D eigenvalue weighted by Crippen LogP contribution is -2.32. The topological polar surface area (TPSA) is 73.2 Å². The van der Waals surface area contributed by atoms with Crippen molar-refractivity contribution in [3.63, 3.8) is 0 Å². The highest BCUT2D eigenvalue weighted by atomic mass is 35.5. The van der Waals surface area contributed by atoms with E-state index < -0.39 is 12.0 Å². The van der Waals surface area contributed by atoms with Crippen LogP contribution in [0.4, 0.5) is 5.82 Å². The highest BCUT2D eigenvalue weighted by Gasteiger charge is 2.38. The summed E-state index contributed by atoms with van der Waals surface area (Å²) in [5, 5.41) is 8.14. The quantitative estimate of drug-likeness (QED) is 0.834. The Labute approximate surface area is 149 Å². The lowest BCUT2D eigenvalue weighted by atomic mass is 9.85. The molecule has 1 atom stereocenters. The summed E-state index contributed by atoms with van der Waals surface area (Å²) in [6, 6.07) is 6.94. The molecular weight excluding hydrogens is 342 g/mol. The number of rotatable bonds is 2. The summed E-state index contributed by atoms with van der Waals surface area (Å²) >= 11 is 6.41. The van der Waals surface area contributed by atoms with E-state index in [9.17, 15) is 9.59 Å². The van der Waals surface area contributed by atoms with E-state index in [1.807, 2.05) is 18.2 Å². The van der Waals surface area contributed by atoms with Crippen molar-refractivity contribution in [3.8, 4) is 0 Å². The zero-order valence-electron chi connectivity index (χ0n) is 13.6. The number of ketones is 1. The van der Waals surface area contributed by atoms with Gasteiger partial charge in [-0.2, -0.15) is 5.10 Å². The number of hydrogen-bond acceptors (Lipinski definition) is 5. The van der Waals surface area contributed by atoms with Crippen molar-refractivity contribution in [2.75, 3.05) is 12.4 Å². The lowest BCUT2D eigenvalue weighted by molar-refractivity contribution is -0.116. The van der Waals surface area contributed by atoms with E-state index in [-0.39, 0.29) is 5.78 Å². The average Bonchev–Trinajstić information content (AvgIpc) is 3.04. The summed E-state index contributed by atoms with van der Waals surface area (Å²) in [6.07, 6.45) is 3.48. The first-order valence-electron chi connectivity index (χ1n) is 8.05. The number of benzene rings is 1. The number of allylic oxidation sites excluding steroid dienone is 2. The molecule has 0 spiro atoms. The number of ether oxygens (including phenoxy) is 1. The van der Waals surface area contributed by atoms with Crippen LogP contribution in [-0.2, 0) is 9.53 Å². The van der Waals surface area contributed by atoms with Gasteiger partial charge in [-0.3, -0.25) is 4.79 Å². The highest BCUT2D eigenvalue weighted by Crippen LogP contribution is 2.43. The van der Waals surface area contributed by atoms with Gasteiger partial charge in [-0.1, -0.05) is 29.8 Å². The van der Waals surface area contributed by atoms with E-state index in [2.05, 4.69) is 10.4 Å². The number of carbonyl (C=O) groups is 2. The summed E-state index contributed by atoms with van der Waals surface area (Å²) in [4.78, 5) is 24.7. The number of esters is 1. The molecular formula is C18H16ClN3O3. The van der Waals surface area contributed by atoms with Gasteiger partial charge in [-0.15, -0.1) is 0 Å². The normalized spacial score (nSPS) is 19.1. The Bertz CT molecular complexity index is 916. The second-order valence-corrected chi connectivity index (χ2v) is 6.47. The van der Waals surface area contributed by atoms with Gasteiger partial charge in [-0.05, 0) is 24.5 Å². The van der Waals surface area contributed by atoms with E-state index in [0.717, 1.165) is 24.1 Å². The maximum atomic E-state index is 12.7. The molecule has 0 amide bonds. The monoisotopic (exact) mass is 357 g/mol. The number of methoxy groups -OCH3 is 1. The average molecular weight is 358 g/mol. The van der Waals surface area contributed by atoms with E-state index in [1.165, 1.54) is 13.3 Å². The number of hydrogen-bond donors (Lipinski definition) is 1. The summed E-state index contributed by atoms with van der Waals surface area (Å²) < 4.78 is 6.49. The standard InChI is InChI=1S/C18H16ClN3O3/c1-25-18(24)11-9-20-22-16(10-5-2-3-6-12(10)19)15-13(21-17(11)22)7-4-8-14(15)23/h2-3,5-6,9,16,21H,4,7-8H2,1H3/t16-/m1/s1. The molecule has 1 aromatic heterocycles. The van der Waals surface area contributed by atoms with Gasteiger partial charge < -0.3 is 10.1 Å². The molecule has 1 aromatic carbocycles. The van der Waals surface area contributed by atoms with Crippen LogP contribution in [0.2, 0.25) is 5.02 Å². The summed E-state index contributed by atoms with van der Waals surface area (Å²) in [6.45, 7) is 0. The van der Waals surface area contributed by atoms with Gasteiger partial charge in [0.2, 0.25) is 0 Å². The van der Waals surface area contributed by atoms with Gasteiger partial charge in [0.25, 0.3) is 0 Å². The molecule has 25 heavy (non-hydrogen) atoms. The second-order valence-electron chi connectivity index (χ2n) is 6.06. The van der Waals surface area contributed by atoms with E-state index in [1.54, 1.807) is 10.7 Å². The van der Waals surface area contributed by atoms with Crippen LogP contribution in [0, 0.1) is 0 Å². The fraction of sp³-hybridized carbons (Fsp3) is 0.278.